The SMILES string of the molecule is ClC1(Cl)CCC(P(C2CCCCC2)C2CCCCC2)C(=Cc2ccccc2)C1. The third kappa shape index (κ3) is 5.36. The quantitative estimate of drug-likeness (QED) is 0.326. The molecule has 3 fully saturated rings. The van der Waals surface area contributed by atoms with Crippen LogP contribution in [-0.4, -0.2) is 21.3 Å². The molecule has 1 atom stereocenters. The lowest BCUT2D eigenvalue weighted by Crippen LogP contribution is -2.33. The van der Waals surface area contributed by atoms with Gasteiger partial charge < -0.3 is 0 Å². The van der Waals surface area contributed by atoms with Gasteiger partial charge in [0.15, 0.2) is 0 Å². The van der Waals surface area contributed by atoms with E-state index in [1.165, 1.54) is 76.2 Å². The molecule has 0 N–H and O–H groups in total. The van der Waals surface area contributed by atoms with Crippen LogP contribution in [0, 0.1) is 0 Å². The summed E-state index contributed by atoms with van der Waals surface area (Å²) in [7, 11) is 0.0223. The molecule has 1 aromatic carbocycles. The minimum Gasteiger partial charge on any atom is -0.101 e. The third-order valence-electron chi connectivity index (χ3n) is 7.18. The van der Waals surface area contributed by atoms with Crippen molar-refractivity contribution in [2.75, 3.05) is 0 Å². The van der Waals surface area contributed by atoms with Crippen LogP contribution in [0.25, 0.3) is 6.08 Å². The van der Waals surface area contributed by atoms with Gasteiger partial charge in [0.25, 0.3) is 0 Å². The van der Waals surface area contributed by atoms with Gasteiger partial charge in [0, 0.05) is 12.1 Å². The van der Waals surface area contributed by atoms with Gasteiger partial charge in [-0.05, 0) is 55.4 Å². The van der Waals surface area contributed by atoms with Crippen molar-refractivity contribution in [1.82, 2.24) is 0 Å². The smallest absolute Gasteiger partial charge is 0.101 e. The van der Waals surface area contributed by atoms with Crippen LogP contribution in [0.5, 0.6) is 0 Å². The van der Waals surface area contributed by atoms with Crippen LogP contribution in [-0.2, 0) is 0 Å². The molecule has 3 saturated carbocycles. The largest absolute Gasteiger partial charge is 0.122 e. The van der Waals surface area contributed by atoms with Gasteiger partial charge in [0.1, 0.15) is 4.33 Å². The van der Waals surface area contributed by atoms with Crippen molar-refractivity contribution < 1.29 is 0 Å². The Balaban J connectivity index is 1.66. The zero-order valence-electron chi connectivity index (χ0n) is 17.1. The fraction of sp³-hybridized carbons (Fsp3) is 0.680. The first kappa shape index (κ1) is 21.2. The molecule has 3 aliphatic carbocycles. The van der Waals surface area contributed by atoms with Crippen LogP contribution < -0.4 is 0 Å². The standard InChI is InChI=1S/C25H35Cl2P/c26-25(27)17-16-24(21(19-25)18-20-10-4-1-5-11-20)28(22-12-6-2-7-13-22)23-14-8-3-9-15-23/h1,4-5,10-11,18,22-24H,2-3,6-9,12-17,19H2. The van der Waals surface area contributed by atoms with Gasteiger partial charge in [-0.2, -0.15) is 0 Å². The Morgan fingerprint density at radius 1 is 0.786 bits per heavy atom. The molecule has 0 heterocycles. The molecule has 0 radical (unpaired) electrons. The predicted molar refractivity (Wildman–Crippen MR) is 127 cm³/mol. The first-order valence-corrected chi connectivity index (χ1v) is 13.8. The molecule has 1 aromatic rings. The highest BCUT2D eigenvalue weighted by molar-refractivity contribution is 7.60. The molecule has 0 saturated heterocycles. The van der Waals surface area contributed by atoms with Crippen LogP contribution in [0.15, 0.2) is 35.9 Å². The van der Waals surface area contributed by atoms with E-state index in [4.69, 9.17) is 23.2 Å². The summed E-state index contributed by atoms with van der Waals surface area (Å²) in [4.78, 5) is 0. The molecule has 0 aromatic heterocycles. The number of halogens is 2. The average Bonchev–Trinajstić information content (AvgIpc) is 2.72. The maximum Gasteiger partial charge on any atom is 0.122 e. The Kier molecular flexibility index (Phi) is 7.46. The average molecular weight is 437 g/mol. The monoisotopic (exact) mass is 436 g/mol. The number of alkyl halides is 2. The van der Waals surface area contributed by atoms with Crippen LogP contribution in [0.1, 0.15) is 89.0 Å². The Labute approximate surface area is 183 Å². The molecule has 1 unspecified atom stereocenters. The van der Waals surface area contributed by atoms with E-state index in [1.807, 2.05) is 0 Å². The first-order valence-electron chi connectivity index (χ1n) is 11.5. The maximum atomic E-state index is 6.71. The van der Waals surface area contributed by atoms with Crippen molar-refractivity contribution in [2.45, 2.75) is 105 Å². The Hall–Kier alpha value is -0.0300. The van der Waals surface area contributed by atoms with Crippen molar-refractivity contribution in [3.8, 4) is 0 Å². The molecular weight excluding hydrogens is 402 g/mol. The van der Waals surface area contributed by atoms with Crippen molar-refractivity contribution in [1.29, 1.82) is 0 Å². The lowest BCUT2D eigenvalue weighted by molar-refractivity contribution is 0.475. The van der Waals surface area contributed by atoms with Crippen molar-refractivity contribution in [3.63, 3.8) is 0 Å². The fourth-order valence-electron chi connectivity index (χ4n) is 5.85. The van der Waals surface area contributed by atoms with E-state index in [9.17, 15) is 0 Å². The van der Waals surface area contributed by atoms with Crippen LogP contribution >= 0.6 is 31.1 Å². The lowest BCUT2D eigenvalue weighted by atomic mass is 9.91. The molecule has 0 aliphatic heterocycles. The van der Waals surface area contributed by atoms with Gasteiger partial charge in [0.2, 0.25) is 0 Å². The van der Waals surface area contributed by atoms with E-state index >= 15 is 0 Å². The number of hydrogen-bond acceptors (Lipinski definition) is 0. The van der Waals surface area contributed by atoms with Gasteiger partial charge in [-0.3, -0.25) is 0 Å². The number of hydrogen-bond donors (Lipinski definition) is 0. The van der Waals surface area contributed by atoms with E-state index in [1.54, 1.807) is 5.57 Å². The van der Waals surface area contributed by atoms with E-state index in [-0.39, 0.29) is 7.92 Å². The second-order valence-corrected chi connectivity index (χ2v) is 13.9. The van der Waals surface area contributed by atoms with Gasteiger partial charge in [-0.1, -0.05) is 88.4 Å². The topological polar surface area (TPSA) is 0 Å². The minimum absolute atomic E-state index is 0.0223. The van der Waals surface area contributed by atoms with Crippen LogP contribution in [0.4, 0.5) is 0 Å². The fourth-order valence-corrected chi connectivity index (χ4v) is 10.9. The Morgan fingerprint density at radius 2 is 1.36 bits per heavy atom. The summed E-state index contributed by atoms with van der Waals surface area (Å²) in [5.41, 5.74) is 5.58. The van der Waals surface area contributed by atoms with E-state index < -0.39 is 4.33 Å². The molecule has 0 spiro atoms. The molecule has 154 valence electrons. The molecule has 4 rings (SSSR count). The predicted octanol–water partition coefficient (Wildman–Crippen LogP) is 8.94. The minimum atomic E-state index is -0.572. The number of benzene rings is 1. The van der Waals surface area contributed by atoms with Gasteiger partial charge in [0.05, 0.1) is 0 Å². The first-order chi connectivity index (χ1) is 13.6. The summed E-state index contributed by atoms with van der Waals surface area (Å²) in [6.45, 7) is 0. The highest BCUT2D eigenvalue weighted by Crippen LogP contribution is 2.64. The molecule has 28 heavy (non-hydrogen) atoms. The van der Waals surface area contributed by atoms with E-state index in [0.29, 0.717) is 0 Å². The second kappa shape index (κ2) is 9.85. The molecule has 0 amide bonds. The van der Waals surface area contributed by atoms with Crippen molar-refractivity contribution in [2.24, 2.45) is 0 Å². The van der Waals surface area contributed by atoms with Gasteiger partial charge >= 0.3 is 0 Å². The zero-order chi connectivity index (χ0) is 19.4. The summed E-state index contributed by atoms with van der Waals surface area (Å²) >= 11 is 13.4. The number of allylic oxidation sites excluding steroid dienone is 1. The van der Waals surface area contributed by atoms with E-state index in [2.05, 4.69) is 36.4 Å². The summed E-state index contributed by atoms with van der Waals surface area (Å²) < 4.78 is -0.572. The second-order valence-electron chi connectivity index (χ2n) is 9.25. The lowest BCUT2D eigenvalue weighted by Gasteiger charge is -2.47. The normalized spacial score (nSPS) is 28.7. The Bertz CT molecular complexity index is 624. The van der Waals surface area contributed by atoms with Gasteiger partial charge in [-0.25, -0.2) is 0 Å². The van der Waals surface area contributed by atoms with Crippen LogP contribution in [0.3, 0.4) is 0 Å². The highest BCUT2D eigenvalue weighted by atomic mass is 35.5. The zero-order valence-corrected chi connectivity index (χ0v) is 19.5. The van der Waals surface area contributed by atoms with Crippen molar-refractivity contribution in [3.05, 3.63) is 41.5 Å². The Morgan fingerprint density at radius 3 is 1.93 bits per heavy atom. The van der Waals surface area contributed by atoms with E-state index in [0.717, 1.165) is 29.8 Å². The molecule has 0 nitrogen and oxygen atoms in total. The maximum absolute atomic E-state index is 6.71. The summed E-state index contributed by atoms with van der Waals surface area (Å²) in [5.74, 6) is 0. The molecule has 0 bridgehead atoms. The van der Waals surface area contributed by atoms with Crippen molar-refractivity contribution >= 4 is 37.2 Å². The highest BCUT2D eigenvalue weighted by Gasteiger charge is 2.43. The molecule has 3 heteroatoms. The third-order valence-corrected chi connectivity index (χ3v) is 11.9. The molecular formula is C25H35Cl2P. The summed E-state index contributed by atoms with van der Waals surface area (Å²) in [6.07, 6.45) is 20.1. The van der Waals surface area contributed by atoms with Gasteiger partial charge in [-0.15, -0.1) is 23.2 Å². The summed E-state index contributed by atoms with van der Waals surface area (Å²) in [6, 6.07) is 10.8. The molecule has 3 aliphatic rings. The summed E-state index contributed by atoms with van der Waals surface area (Å²) in [5, 5.41) is 0. The number of rotatable bonds is 4. The van der Waals surface area contributed by atoms with Crippen LogP contribution in [0.2, 0.25) is 0 Å².